The van der Waals surface area contributed by atoms with Crippen molar-refractivity contribution in [2.24, 2.45) is 11.5 Å². The van der Waals surface area contributed by atoms with Crippen LogP contribution in [0.3, 0.4) is 0 Å². The number of rotatable bonds is 14. The largest absolute Gasteiger partial charge is 0.480 e. The predicted molar refractivity (Wildman–Crippen MR) is 120 cm³/mol. The first-order chi connectivity index (χ1) is 15.1. The third-order valence-electron chi connectivity index (χ3n) is 4.26. The van der Waals surface area contributed by atoms with Gasteiger partial charge in [0.15, 0.2) is 0 Å². The van der Waals surface area contributed by atoms with E-state index in [1.807, 2.05) is 0 Å². The highest BCUT2D eigenvalue weighted by Gasteiger charge is 2.30. The minimum absolute atomic E-state index is 0.00671. The summed E-state index contributed by atoms with van der Waals surface area (Å²) >= 11 is 7.94. The smallest absolute Gasteiger partial charge is 0.327 e. The van der Waals surface area contributed by atoms with Crippen molar-refractivity contribution < 1.29 is 29.1 Å². The molecule has 0 aliphatic heterocycles. The molecule has 4 unspecified atom stereocenters. The Morgan fingerprint density at radius 1 is 1.00 bits per heavy atom. The molecular weight excluding hydrogens is 462 g/mol. The molecule has 0 saturated carbocycles. The van der Waals surface area contributed by atoms with Gasteiger partial charge < -0.3 is 37.5 Å². The van der Waals surface area contributed by atoms with Crippen LogP contribution in [0.2, 0.25) is 0 Å². The van der Waals surface area contributed by atoms with Crippen LogP contribution >= 0.6 is 25.3 Å². The van der Waals surface area contributed by atoms with Crippen molar-refractivity contribution in [2.75, 3.05) is 11.5 Å². The monoisotopic (exact) mass is 489 g/mol. The predicted octanol–water partition coefficient (Wildman–Crippen LogP) is -3.06. The summed E-state index contributed by atoms with van der Waals surface area (Å²) in [6.07, 6.45) is 2.68. The molecule has 1 aromatic rings. The maximum absolute atomic E-state index is 12.7. The van der Waals surface area contributed by atoms with Crippen molar-refractivity contribution >= 4 is 54.9 Å². The number of amides is 4. The topological polar surface area (TPSA) is 222 Å². The maximum atomic E-state index is 12.7. The molecule has 0 aromatic carbocycles. The van der Waals surface area contributed by atoms with Gasteiger partial charge in [0.2, 0.25) is 23.6 Å². The zero-order valence-electron chi connectivity index (χ0n) is 17.0. The first-order valence-corrected chi connectivity index (χ1v) is 10.7. The zero-order chi connectivity index (χ0) is 24.3. The molecule has 0 saturated heterocycles. The van der Waals surface area contributed by atoms with Crippen LogP contribution in [0.25, 0.3) is 0 Å². The summed E-state index contributed by atoms with van der Waals surface area (Å²) < 4.78 is 0. The number of carbonyl (C=O) groups excluding carboxylic acids is 4. The summed E-state index contributed by atoms with van der Waals surface area (Å²) in [6, 6.07) is -4.68. The number of nitrogens with zero attached hydrogens (tertiary/aromatic N) is 1. The number of carbonyl (C=O) groups is 5. The van der Waals surface area contributed by atoms with Crippen LogP contribution in [-0.4, -0.2) is 80.3 Å². The number of nitrogens with one attached hydrogen (secondary N) is 4. The number of hydrogen-bond donors (Lipinski definition) is 9. The first-order valence-electron chi connectivity index (χ1n) is 9.45. The van der Waals surface area contributed by atoms with Crippen molar-refractivity contribution in [1.29, 1.82) is 0 Å². The molecule has 1 rings (SSSR count). The van der Waals surface area contributed by atoms with E-state index in [1.54, 1.807) is 0 Å². The molecule has 15 heteroatoms. The number of thiol groups is 2. The van der Waals surface area contributed by atoms with Gasteiger partial charge in [-0.05, 0) is 6.42 Å². The number of carboxylic acid groups (broad SMARTS) is 1. The highest BCUT2D eigenvalue weighted by molar-refractivity contribution is 7.80. The molecule has 0 fully saturated rings. The number of H-pyrrole nitrogens is 1. The number of hydrogen-bond acceptors (Lipinski definition) is 9. The molecule has 1 heterocycles. The summed E-state index contributed by atoms with van der Waals surface area (Å²) in [6.45, 7) is 0. The van der Waals surface area contributed by atoms with E-state index in [0.717, 1.165) is 0 Å². The highest BCUT2D eigenvalue weighted by Crippen LogP contribution is 2.03. The second-order valence-electron chi connectivity index (χ2n) is 6.78. The van der Waals surface area contributed by atoms with E-state index >= 15 is 0 Å². The molecule has 4 amide bonds. The average molecular weight is 490 g/mol. The number of imidazole rings is 1. The number of primary amides is 1. The Morgan fingerprint density at radius 2 is 1.56 bits per heavy atom. The lowest BCUT2D eigenvalue weighted by atomic mass is 10.1. The molecule has 4 atom stereocenters. The van der Waals surface area contributed by atoms with Gasteiger partial charge in [0.1, 0.15) is 18.1 Å². The van der Waals surface area contributed by atoms with E-state index in [-0.39, 0.29) is 30.8 Å². The molecule has 0 aliphatic rings. The lowest BCUT2D eigenvalue weighted by Crippen LogP contribution is -2.58. The van der Waals surface area contributed by atoms with Gasteiger partial charge in [-0.15, -0.1) is 0 Å². The SMILES string of the molecule is NC(=O)CCC(N)C(=O)NC(CS)C(=O)NC(Cc1cnc[nH]1)C(=O)NC(CS)C(=O)O. The van der Waals surface area contributed by atoms with Crippen molar-refractivity contribution in [1.82, 2.24) is 25.9 Å². The number of nitrogens with two attached hydrogens (primary N) is 2. The normalized spacial score (nSPS) is 14.5. The minimum atomic E-state index is -1.29. The van der Waals surface area contributed by atoms with Crippen LogP contribution in [-0.2, 0) is 30.4 Å². The highest BCUT2D eigenvalue weighted by atomic mass is 32.1. The van der Waals surface area contributed by atoms with Gasteiger partial charge in [0.05, 0.1) is 12.4 Å². The van der Waals surface area contributed by atoms with Gasteiger partial charge in [-0.2, -0.15) is 25.3 Å². The first kappa shape index (κ1) is 27.3. The van der Waals surface area contributed by atoms with Gasteiger partial charge in [-0.3, -0.25) is 19.2 Å². The number of aromatic nitrogens is 2. The molecule has 9 N–H and O–H groups in total. The summed E-state index contributed by atoms with van der Waals surface area (Å²) in [5.74, 6) is -4.39. The van der Waals surface area contributed by atoms with E-state index in [1.165, 1.54) is 12.5 Å². The Kier molecular flexibility index (Phi) is 11.6. The maximum Gasteiger partial charge on any atom is 0.327 e. The number of aromatic amines is 1. The van der Waals surface area contributed by atoms with Gasteiger partial charge in [-0.1, -0.05) is 0 Å². The van der Waals surface area contributed by atoms with E-state index < -0.39 is 53.8 Å². The van der Waals surface area contributed by atoms with Crippen LogP contribution in [0, 0.1) is 0 Å². The van der Waals surface area contributed by atoms with Gasteiger partial charge >= 0.3 is 5.97 Å². The Hall–Kier alpha value is -2.78. The van der Waals surface area contributed by atoms with Gasteiger partial charge in [-0.25, -0.2) is 9.78 Å². The van der Waals surface area contributed by atoms with Crippen molar-refractivity contribution in [3.8, 4) is 0 Å². The molecule has 32 heavy (non-hydrogen) atoms. The Bertz CT molecular complexity index is 807. The fourth-order valence-electron chi connectivity index (χ4n) is 2.46. The second-order valence-corrected chi connectivity index (χ2v) is 7.51. The summed E-state index contributed by atoms with van der Waals surface area (Å²) in [7, 11) is 0. The van der Waals surface area contributed by atoms with Crippen molar-refractivity contribution in [3.63, 3.8) is 0 Å². The molecule has 0 aliphatic carbocycles. The lowest BCUT2D eigenvalue weighted by molar-refractivity contribution is -0.141. The molecule has 0 bridgehead atoms. The van der Waals surface area contributed by atoms with Crippen LogP contribution in [0.1, 0.15) is 18.5 Å². The zero-order valence-corrected chi connectivity index (χ0v) is 18.8. The summed E-state index contributed by atoms with van der Waals surface area (Å²) in [5, 5.41) is 16.3. The Labute approximate surface area is 194 Å². The Morgan fingerprint density at radius 3 is 2.06 bits per heavy atom. The quantitative estimate of drug-likeness (QED) is 0.122. The van der Waals surface area contributed by atoms with E-state index in [4.69, 9.17) is 16.6 Å². The van der Waals surface area contributed by atoms with Gasteiger partial charge in [0.25, 0.3) is 0 Å². The van der Waals surface area contributed by atoms with Crippen LogP contribution in [0.4, 0.5) is 0 Å². The van der Waals surface area contributed by atoms with Crippen molar-refractivity contribution in [2.45, 2.75) is 43.4 Å². The van der Waals surface area contributed by atoms with Gasteiger partial charge in [0, 0.05) is 36.2 Å². The Balaban J connectivity index is 2.87. The minimum Gasteiger partial charge on any atom is -0.480 e. The molecular formula is C17H27N7O6S2. The van der Waals surface area contributed by atoms with E-state index in [9.17, 15) is 24.0 Å². The fourth-order valence-corrected chi connectivity index (χ4v) is 2.96. The second kappa shape index (κ2) is 13.6. The van der Waals surface area contributed by atoms with E-state index in [0.29, 0.717) is 5.69 Å². The van der Waals surface area contributed by atoms with Crippen LogP contribution in [0.15, 0.2) is 12.5 Å². The van der Waals surface area contributed by atoms with Crippen LogP contribution < -0.4 is 27.4 Å². The molecule has 0 spiro atoms. The molecule has 178 valence electrons. The number of carboxylic acids is 1. The fraction of sp³-hybridized carbons (Fsp3) is 0.529. The van der Waals surface area contributed by atoms with E-state index in [2.05, 4.69) is 51.2 Å². The third kappa shape index (κ3) is 9.15. The summed E-state index contributed by atoms with van der Waals surface area (Å²) in [5.41, 5.74) is 11.2. The lowest BCUT2D eigenvalue weighted by Gasteiger charge is -2.24. The standard InChI is InChI=1S/C17H27N7O6S2/c18-9(1-2-13(19)25)14(26)23-11(5-31)16(28)22-10(3-8-4-20-7-21-8)15(27)24-12(6-32)17(29)30/h4,7,9-12,31-32H,1-3,5-6,18H2,(H2,19,25)(H,20,21)(H,22,28)(H,23,26)(H,24,27)(H,29,30). The molecule has 13 nitrogen and oxygen atoms in total. The average Bonchev–Trinajstić information content (AvgIpc) is 3.25. The van der Waals surface area contributed by atoms with Crippen LogP contribution in [0.5, 0.6) is 0 Å². The molecule has 0 radical (unpaired) electrons. The number of aliphatic carboxylic acids is 1. The van der Waals surface area contributed by atoms with Crippen molar-refractivity contribution in [3.05, 3.63) is 18.2 Å². The summed E-state index contributed by atoms with van der Waals surface area (Å²) in [4.78, 5) is 66.2. The third-order valence-corrected chi connectivity index (χ3v) is 4.99. The molecule has 1 aromatic heterocycles.